The summed E-state index contributed by atoms with van der Waals surface area (Å²) < 4.78 is 1.94. The van der Waals surface area contributed by atoms with Crippen LogP contribution in [0.15, 0.2) is 49.4 Å². The van der Waals surface area contributed by atoms with E-state index in [4.69, 9.17) is 0 Å². The molecule has 0 aliphatic heterocycles. The number of hydrogen-bond donors (Lipinski definition) is 1. The zero-order valence-electron chi connectivity index (χ0n) is 11.1. The summed E-state index contributed by atoms with van der Waals surface area (Å²) in [6.07, 6.45) is 10.6. The lowest BCUT2D eigenvalue weighted by Crippen LogP contribution is -2.02. The van der Waals surface area contributed by atoms with Gasteiger partial charge >= 0.3 is 0 Å². The molecule has 3 heterocycles. The molecule has 0 saturated carbocycles. The fourth-order valence-corrected chi connectivity index (χ4v) is 1.88. The van der Waals surface area contributed by atoms with Gasteiger partial charge in [0.05, 0.1) is 11.9 Å². The Morgan fingerprint density at radius 1 is 1.10 bits per heavy atom. The van der Waals surface area contributed by atoms with Crippen molar-refractivity contribution in [3.63, 3.8) is 0 Å². The summed E-state index contributed by atoms with van der Waals surface area (Å²) >= 11 is 0. The van der Waals surface area contributed by atoms with Crippen LogP contribution in [0.2, 0.25) is 0 Å². The van der Waals surface area contributed by atoms with Crippen LogP contribution in [0.25, 0.3) is 5.82 Å². The first-order chi connectivity index (χ1) is 9.83. The van der Waals surface area contributed by atoms with E-state index >= 15 is 0 Å². The molecule has 100 valence electrons. The second-order valence-corrected chi connectivity index (χ2v) is 4.35. The molecule has 0 aliphatic carbocycles. The number of hydrogen-bond acceptors (Lipinski definition) is 5. The van der Waals surface area contributed by atoms with Gasteiger partial charge in [-0.1, -0.05) is 0 Å². The molecule has 6 heteroatoms. The van der Waals surface area contributed by atoms with Crippen molar-refractivity contribution < 1.29 is 0 Å². The summed E-state index contributed by atoms with van der Waals surface area (Å²) in [6, 6.07) is 3.95. The van der Waals surface area contributed by atoms with Gasteiger partial charge in [0.2, 0.25) is 0 Å². The van der Waals surface area contributed by atoms with E-state index in [2.05, 4.69) is 25.3 Å². The molecule has 3 aromatic rings. The normalized spacial score (nSPS) is 10.4. The minimum atomic E-state index is 0.673. The maximum atomic E-state index is 4.42. The zero-order chi connectivity index (χ0) is 13.8. The lowest BCUT2D eigenvalue weighted by molar-refractivity contribution is 0.931. The summed E-state index contributed by atoms with van der Waals surface area (Å²) in [5.74, 6) is 1.77. The number of nitrogens with one attached hydrogen (secondary N) is 1. The number of anilines is 1. The first kappa shape index (κ1) is 12.3. The van der Waals surface area contributed by atoms with Crippen molar-refractivity contribution in [3.05, 3.63) is 60.8 Å². The van der Waals surface area contributed by atoms with Crippen molar-refractivity contribution in [3.8, 4) is 5.82 Å². The zero-order valence-corrected chi connectivity index (χ0v) is 11.1. The summed E-state index contributed by atoms with van der Waals surface area (Å²) in [4.78, 5) is 16.6. The van der Waals surface area contributed by atoms with Crippen LogP contribution < -0.4 is 5.32 Å². The van der Waals surface area contributed by atoms with Crippen molar-refractivity contribution in [2.75, 3.05) is 5.32 Å². The highest BCUT2D eigenvalue weighted by atomic mass is 15.1. The maximum Gasteiger partial charge on any atom is 0.138 e. The fourth-order valence-electron chi connectivity index (χ4n) is 1.88. The van der Waals surface area contributed by atoms with E-state index in [1.54, 1.807) is 24.8 Å². The minimum Gasteiger partial charge on any atom is -0.380 e. The second kappa shape index (κ2) is 5.48. The van der Waals surface area contributed by atoms with E-state index < -0.39 is 0 Å². The number of aromatic nitrogens is 5. The molecule has 20 heavy (non-hydrogen) atoms. The summed E-state index contributed by atoms with van der Waals surface area (Å²) in [5.41, 5.74) is 1.98. The van der Waals surface area contributed by atoms with Gasteiger partial charge in [0.25, 0.3) is 0 Å². The van der Waals surface area contributed by atoms with Crippen LogP contribution in [0, 0.1) is 6.92 Å². The van der Waals surface area contributed by atoms with Gasteiger partial charge in [0, 0.05) is 36.9 Å². The van der Waals surface area contributed by atoms with Gasteiger partial charge in [0.1, 0.15) is 18.0 Å². The van der Waals surface area contributed by atoms with Crippen molar-refractivity contribution in [1.82, 2.24) is 24.5 Å². The quantitative estimate of drug-likeness (QED) is 0.782. The van der Waals surface area contributed by atoms with Crippen LogP contribution in [-0.2, 0) is 6.54 Å². The number of rotatable bonds is 4. The van der Waals surface area contributed by atoms with Gasteiger partial charge < -0.3 is 5.32 Å². The Morgan fingerprint density at radius 3 is 2.60 bits per heavy atom. The van der Waals surface area contributed by atoms with Crippen LogP contribution in [0.5, 0.6) is 0 Å². The first-order valence-electron chi connectivity index (χ1n) is 6.27. The Kier molecular flexibility index (Phi) is 3.36. The molecule has 0 spiro atoms. The molecular weight excluding hydrogens is 252 g/mol. The van der Waals surface area contributed by atoms with Crippen LogP contribution >= 0.6 is 0 Å². The molecule has 6 nitrogen and oxygen atoms in total. The van der Waals surface area contributed by atoms with E-state index in [1.165, 1.54) is 6.33 Å². The largest absolute Gasteiger partial charge is 0.380 e. The molecule has 0 fully saturated rings. The number of nitrogens with zero attached hydrogens (tertiary/aromatic N) is 5. The highest BCUT2D eigenvalue weighted by Gasteiger charge is 2.01. The van der Waals surface area contributed by atoms with Crippen molar-refractivity contribution >= 4 is 5.69 Å². The maximum absolute atomic E-state index is 4.42. The molecule has 0 saturated heterocycles. The number of imidazole rings is 1. The molecule has 0 radical (unpaired) electrons. The SMILES string of the molecule is Cc1nccn1-c1ccc(NCc2cncnc2)cn1. The minimum absolute atomic E-state index is 0.673. The van der Waals surface area contributed by atoms with Gasteiger partial charge in [-0.25, -0.2) is 19.9 Å². The van der Waals surface area contributed by atoms with E-state index in [0.29, 0.717) is 6.54 Å². The predicted molar refractivity (Wildman–Crippen MR) is 75.5 cm³/mol. The average Bonchev–Trinajstić information content (AvgIpc) is 2.93. The van der Waals surface area contributed by atoms with Crippen LogP contribution in [0.3, 0.4) is 0 Å². The van der Waals surface area contributed by atoms with Crippen molar-refractivity contribution in [1.29, 1.82) is 0 Å². The highest BCUT2D eigenvalue weighted by molar-refractivity contribution is 5.44. The monoisotopic (exact) mass is 266 g/mol. The van der Waals surface area contributed by atoms with Crippen LogP contribution in [0.1, 0.15) is 11.4 Å². The Bertz CT molecular complexity index is 674. The molecule has 3 aromatic heterocycles. The Balaban J connectivity index is 1.69. The third-order valence-electron chi connectivity index (χ3n) is 2.93. The predicted octanol–water partition coefficient (Wildman–Crippen LogP) is 1.98. The third kappa shape index (κ3) is 2.64. The lowest BCUT2D eigenvalue weighted by Gasteiger charge is -2.07. The summed E-state index contributed by atoms with van der Waals surface area (Å²) in [6.45, 7) is 2.62. The van der Waals surface area contributed by atoms with Crippen molar-refractivity contribution in [2.45, 2.75) is 13.5 Å². The first-order valence-corrected chi connectivity index (χ1v) is 6.27. The van der Waals surface area contributed by atoms with Crippen LogP contribution in [-0.4, -0.2) is 24.5 Å². The Hall–Kier alpha value is -2.76. The van der Waals surface area contributed by atoms with Gasteiger partial charge in [-0.05, 0) is 19.1 Å². The van der Waals surface area contributed by atoms with Gasteiger partial charge in [-0.2, -0.15) is 0 Å². The molecule has 0 atom stereocenters. The topological polar surface area (TPSA) is 68.5 Å². The third-order valence-corrected chi connectivity index (χ3v) is 2.93. The summed E-state index contributed by atoms with van der Waals surface area (Å²) in [5, 5.41) is 3.28. The molecule has 3 rings (SSSR count). The second-order valence-electron chi connectivity index (χ2n) is 4.35. The van der Waals surface area contributed by atoms with Gasteiger partial charge in [-0.15, -0.1) is 0 Å². The number of pyridine rings is 1. The molecule has 0 bridgehead atoms. The van der Waals surface area contributed by atoms with E-state index in [1.807, 2.05) is 29.8 Å². The van der Waals surface area contributed by atoms with Gasteiger partial charge in [0.15, 0.2) is 0 Å². The molecule has 0 aromatic carbocycles. The number of aryl methyl sites for hydroxylation is 1. The lowest BCUT2D eigenvalue weighted by atomic mass is 10.3. The Labute approximate surface area is 116 Å². The smallest absolute Gasteiger partial charge is 0.138 e. The molecule has 0 aliphatic rings. The van der Waals surface area contributed by atoms with E-state index in [0.717, 1.165) is 22.9 Å². The van der Waals surface area contributed by atoms with E-state index in [9.17, 15) is 0 Å². The average molecular weight is 266 g/mol. The molecule has 0 amide bonds. The molecule has 1 N–H and O–H groups in total. The highest BCUT2D eigenvalue weighted by Crippen LogP contribution is 2.12. The standard InChI is InChI=1S/C14H14N6/c1-11-17-4-5-20(11)14-3-2-13(9-19-14)18-8-12-6-15-10-16-7-12/h2-7,9-10,18H,8H2,1H3. The van der Waals surface area contributed by atoms with Crippen molar-refractivity contribution in [2.24, 2.45) is 0 Å². The molecule has 0 unspecified atom stereocenters. The van der Waals surface area contributed by atoms with Crippen LogP contribution in [0.4, 0.5) is 5.69 Å². The van der Waals surface area contributed by atoms with Gasteiger partial charge in [-0.3, -0.25) is 4.57 Å². The molecular formula is C14H14N6. The van der Waals surface area contributed by atoms with E-state index in [-0.39, 0.29) is 0 Å². The fraction of sp³-hybridized carbons (Fsp3) is 0.143. The summed E-state index contributed by atoms with van der Waals surface area (Å²) in [7, 11) is 0. The Morgan fingerprint density at radius 2 is 1.95 bits per heavy atom.